The SMILES string of the molecule is CC1SCCN(S(=O)(=O)c2cc(C(=O)O)c(Cl)o2)C1C. The topological polar surface area (TPSA) is 87.8 Å². The summed E-state index contributed by atoms with van der Waals surface area (Å²) in [5, 5.41) is 8.20. The highest BCUT2D eigenvalue weighted by atomic mass is 35.5. The van der Waals surface area contributed by atoms with Gasteiger partial charge in [0, 0.05) is 29.7 Å². The molecule has 0 aliphatic carbocycles. The molecule has 0 saturated carbocycles. The van der Waals surface area contributed by atoms with Gasteiger partial charge in [0.05, 0.1) is 0 Å². The fourth-order valence-corrected chi connectivity index (χ4v) is 5.18. The van der Waals surface area contributed by atoms with Gasteiger partial charge in [-0.15, -0.1) is 0 Å². The molecule has 1 aromatic rings. The minimum Gasteiger partial charge on any atom is -0.478 e. The monoisotopic (exact) mass is 339 g/mol. The number of carbonyl (C=O) groups is 1. The molecule has 1 N–H and O–H groups in total. The van der Waals surface area contributed by atoms with Crippen LogP contribution < -0.4 is 0 Å². The van der Waals surface area contributed by atoms with Crippen LogP contribution in [0.4, 0.5) is 0 Å². The molecule has 1 aliphatic heterocycles. The third kappa shape index (κ3) is 2.69. The Hall–Kier alpha value is -0.700. The van der Waals surface area contributed by atoms with Crippen molar-refractivity contribution >= 4 is 39.4 Å². The molecular formula is C11H14ClNO5S2. The maximum atomic E-state index is 12.5. The van der Waals surface area contributed by atoms with Crippen LogP contribution in [0.5, 0.6) is 0 Å². The molecule has 0 amide bonds. The summed E-state index contributed by atoms with van der Waals surface area (Å²) in [5.41, 5.74) is -0.350. The quantitative estimate of drug-likeness (QED) is 0.907. The molecule has 20 heavy (non-hydrogen) atoms. The van der Waals surface area contributed by atoms with Crippen molar-refractivity contribution in [3.63, 3.8) is 0 Å². The highest BCUT2D eigenvalue weighted by molar-refractivity contribution is 8.00. The molecule has 1 saturated heterocycles. The first-order valence-corrected chi connectivity index (χ1v) is 8.78. The van der Waals surface area contributed by atoms with Gasteiger partial charge in [-0.3, -0.25) is 0 Å². The summed E-state index contributed by atoms with van der Waals surface area (Å²) in [6, 6.07) is 0.759. The first-order chi connectivity index (χ1) is 9.25. The van der Waals surface area contributed by atoms with E-state index in [4.69, 9.17) is 21.1 Å². The van der Waals surface area contributed by atoms with Crippen molar-refractivity contribution in [3.05, 3.63) is 16.8 Å². The zero-order valence-electron chi connectivity index (χ0n) is 10.9. The first kappa shape index (κ1) is 15.7. The Balaban J connectivity index is 2.40. The zero-order valence-corrected chi connectivity index (χ0v) is 13.3. The fraction of sp³-hybridized carbons (Fsp3) is 0.545. The van der Waals surface area contributed by atoms with Gasteiger partial charge in [-0.05, 0) is 18.5 Å². The number of carboxylic acids is 1. The largest absolute Gasteiger partial charge is 0.478 e. The second-order valence-electron chi connectivity index (χ2n) is 4.49. The van der Waals surface area contributed by atoms with Crippen LogP contribution in [0.1, 0.15) is 24.2 Å². The van der Waals surface area contributed by atoms with Gasteiger partial charge >= 0.3 is 5.97 Å². The average molecular weight is 340 g/mol. The highest BCUT2D eigenvalue weighted by Gasteiger charge is 2.37. The van der Waals surface area contributed by atoms with Crippen molar-refractivity contribution in [2.24, 2.45) is 0 Å². The Bertz CT molecular complexity index is 627. The lowest BCUT2D eigenvalue weighted by Gasteiger charge is -2.35. The zero-order chi connectivity index (χ0) is 15.1. The van der Waals surface area contributed by atoms with Crippen LogP contribution in [-0.2, 0) is 10.0 Å². The van der Waals surface area contributed by atoms with Gasteiger partial charge in [0.25, 0.3) is 10.0 Å². The highest BCUT2D eigenvalue weighted by Crippen LogP contribution is 2.32. The maximum absolute atomic E-state index is 12.5. The lowest BCUT2D eigenvalue weighted by molar-refractivity contribution is 0.0696. The van der Waals surface area contributed by atoms with Crippen LogP contribution in [-0.4, -0.2) is 47.4 Å². The van der Waals surface area contributed by atoms with E-state index in [1.165, 1.54) is 4.31 Å². The van der Waals surface area contributed by atoms with Crippen molar-refractivity contribution in [1.29, 1.82) is 0 Å². The molecule has 2 unspecified atom stereocenters. The number of halogens is 1. The number of hydrogen-bond donors (Lipinski definition) is 1. The second kappa shape index (κ2) is 5.59. The third-order valence-electron chi connectivity index (χ3n) is 3.28. The molecule has 6 nitrogen and oxygen atoms in total. The fourth-order valence-electron chi connectivity index (χ4n) is 1.98. The van der Waals surface area contributed by atoms with E-state index in [9.17, 15) is 13.2 Å². The van der Waals surface area contributed by atoms with Crippen molar-refractivity contribution in [3.8, 4) is 0 Å². The van der Waals surface area contributed by atoms with E-state index in [1.54, 1.807) is 11.8 Å². The van der Waals surface area contributed by atoms with Crippen molar-refractivity contribution < 1.29 is 22.7 Å². The average Bonchev–Trinajstić information content (AvgIpc) is 2.75. The molecule has 9 heteroatoms. The summed E-state index contributed by atoms with van der Waals surface area (Å²) in [6.07, 6.45) is 0. The van der Waals surface area contributed by atoms with Crippen LogP contribution >= 0.6 is 23.4 Å². The van der Waals surface area contributed by atoms with Crippen molar-refractivity contribution in [2.75, 3.05) is 12.3 Å². The molecule has 2 atom stereocenters. The first-order valence-electron chi connectivity index (χ1n) is 5.91. The molecule has 1 fully saturated rings. The van der Waals surface area contributed by atoms with E-state index in [0.29, 0.717) is 12.3 Å². The van der Waals surface area contributed by atoms with Gasteiger partial charge < -0.3 is 9.52 Å². The van der Waals surface area contributed by atoms with Gasteiger partial charge in [0.2, 0.25) is 10.3 Å². The molecule has 2 rings (SSSR count). The molecule has 0 radical (unpaired) electrons. The van der Waals surface area contributed by atoms with Gasteiger partial charge in [0.15, 0.2) is 0 Å². The molecule has 0 aromatic carbocycles. The van der Waals surface area contributed by atoms with Gasteiger partial charge in [0.1, 0.15) is 5.56 Å². The molecule has 0 spiro atoms. The van der Waals surface area contributed by atoms with E-state index in [2.05, 4.69) is 0 Å². The molecule has 2 heterocycles. The number of carboxylic acid groups (broad SMARTS) is 1. The van der Waals surface area contributed by atoms with E-state index < -0.39 is 26.3 Å². The molecule has 1 aromatic heterocycles. The van der Waals surface area contributed by atoms with Crippen LogP contribution in [0.25, 0.3) is 0 Å². The van der Waals surface area contributed by atoms with Crippen LogP contribution in [0.2, 0.25) is 5.22 Å². The minimum absolute atomic E-state index is 0.155. The molecule has 1 aliphatic rings. The van der Waals surface area contributed by atoms with E-state index >= 15 is 0 Å². The number of thioether (sulfide) groups is 1. The van der Waals surface area contributed by atoms with E-state index in [0.717, 1.165) is 6.07 Å². The summed E-state index contributed by atoms with van der Waals surface area (Å²) in [7, 11) is -3.87. The Morgan fingerprint density at radius 3 is 2.75 bits per heavy atom. The second-order valence-corrected chi connectivity index (χ2v) is 8.14. The van der Waals surface area contributed by atoms with Gasteiger partial charge in [-0.1, -0.05) is 6.92 Å². The number of aromatic carboxylic acids is 1. The van der Waals surface area contributed by atoms with Crippen LogP contribution in [0.3, 0.4) is 0 Å². The maximum Gasteiger partial charge on any atom is 0.340 e. The van der Waals surface area contributed by atoms with E-state index in [-0.39, 0.29) is 16.9 Å². The number of nitrogens with zero attached hydrogens (tertiary/aromatic N) is 1. The number of hydrogen-bond acceptors (Lipinski definition) is 5. The summed E-state index contributed by atoms with van der Waals surface area (Å²) in [5.74, 6) is -0.638. The predicted molar refractivity (Wildman–Crippen MR) is 76.0 cm³/mol. The Morgan fingerprint density at radius 2 is 2.20 bits per heavy atom. The minimum atomic E-state index is -3.87. The van der Waals surface area contributed by atoms with Crippen molar-refractivity contribution in [2.45, 2.75) is 30.2 Å². The predicted octanol–water partition coefficient (Wildman–Crippen LogP) is 2.15. The number of furan rings is 1. The summed E-state index contributed by atoms with van der Waals surface area (Å²) in [6.45, 7) is 4.13. The molecule has 0 bridgehead atoms. The van der Waals surface area contributed by atoms with Crippen LogP contribution in [0.15, 0.2) is 15.6 Å². The third-order valence-corrected chi connectivity index (χ3v) is 6.74. The normalized spacial score (nSPS) is 24.8. The standard InChI is InChI=1S/C11H14ClNO5S2/c1-6-7(2)19-4-3-13(6)20(16,17)9-5-8(11(14)15)10(12)18-9/h5-7H,3-4H2,1-2H3,(H,14,15). The van der Waals surface area contributed by atoms with Gasteiger partial charge in [-0.2, -0.15) is 16.1 Å². The lowest BCUT2D eigenvalue weighted by Crippen LogP contribution is -2.47. The Morgan fingerprint density at radius 1 is 1.55 bits per heavy atom. The number of sulfonamides is 1. The Labute approximate surface area is 126 Å². The molecular weight excluding hydrogens is 326 g/mol. The Kier molecular flexibility index (Phi) is 4.38. The van der Waals surface area contributed by atoms with Crippen molar-refractivity contribution in [1.82, 2.24) is 4.31 Å². The summed E-state index contributed by atoms with van der Waals surface area (Å²) in [4.78, 5) is 10.9. The van der Waals surface area contributed by atoms with Gasteiger partial charge in [-0.25, -0.2) is 13.2 Å². The molecule has 112 valence electrons. The number of rotatable bonds is 3. The lowest BCUT2D eigenvalue weighted by atomic mass is 10.2. The smallest absolute Gasteiger partial charge is 0.340 e. The summed E-state index contributed by atoms with van der Waals surface area (Å²) < 4.78 is 31.3. The van der Waals surface area contributed by atoms with Crippen LogP contribution in [0, 0.1) is 0 Å². The summed E-state index contributed by atoms with van der Waals surface area (Å²) >= 11 is 7.31. The van der Waals surface area contributed by atoms with E-state index in [1.807, 2.05) is 13.8 Å².